The van der Waals surface area contributed by atoms with Crippen LogP contribution >= 0.6 is 0 Å². The van der Waals surface area contributed by atoms with Crippen LogP contribution in [0.3, 0.4) is 0 Å². The Balaban J connectivity index is 2.87. The topological polar surface area (TPSA) is 29.1 Å². The van der Waals surface area contributed by atoms with E-state index in [9.17, 15) is 9.18 Å². The molecule has 68 valence electrons. The van der Waals surface area contributed by atoms with Gasteiger partial charge in [-0.15, -0.1) is 0 Å². The molecule has 0 bridgehead atoms. The van der Waals surface area contributed by atoms with Crippen LogP contribution in [0.15, 0.2) is 18.2 Å². The van der Waals surface area contributed by atoms with Crippen molar-refractivity contribution in [1.29, 1.82) is 0 Å². The van der Waals surface area contributed by atoms with Crippen LogP contribution in [0.25, 0.3) is 0 Å². The van der Waals surface area contributed by atoms with Gasteiger partial charge in [0.2, 0.25) is 5.91 Å². The van der Waals surface area contributed by atoms with Crippen LogP contribution < -0.4 is 5.32 Å². The number of anilines is 1. The molecule has 1 amide bonds. The average molecular weight is 179 g/mol. The third kappa shape index (κ3) is 2.54. The van der Waals surface area contributed by atoms with Crippen LogP contribution in [-0.2, 0) is 4.79 Å². The molecule has 0 unspecified atom stereocenters. The Morgan fingerprint density at radius 2 is 2.31 bits per heavy atom. The second-order valence-corrected chi connectivity index (χ2v) is 2.64. The highest BCUT2D eigenvalue weighted by atomic mass is 19.1. The predicted molar refractivity (Wildman–Crippen MR) is 48.7 cm³/mol. The molecule has 0 aromatic heterocycles. The van der Waals surface area contributed by atoms with Crippen molar-refractivity contribution in [2.24, 2.45) is 0 Å². The lowest BCUT2D eigenvalue weighted by Crippen LogP contribution is -2.10. The quantitative estimate of drug-likeness (QED) is 0.741. The minimum absolute atomic E-state index is 0.131. The number of carbonyl (C=O) groups excluding carboxylic acids is 1. The van der Waals surface area contributed by atoms with Gasteiger partial charge in [0, 0.05) is 6.42 Å². The molecule has 1 N–H and O–H groups in total. The third-order valence-corrected chi connectivity index (χ3v) is 1.59. The van der Waals surface area contributed by atoms with Crippen molar-refractivity contribution in [3.8, 4) is 0 Å². The van der Waals surface area contributed by atoms with Crippen molar-refractivity contribution in [3.63, 3.8) is 0 Å². The molecular weight excluding hydrogens is 169 g/mol. The van der Waals surface area contributed by atoms with E-state index in [-0.39, 0.29) is 11.6 Å². The summed E-state index contributed by atoms with van der Waals surface area (Å²) in [4.78, 5) is 10.9. The zero-order chi connectivity index (χ0) is 9.84. The Hall–Kier alpha value is -1.38. The van der Waals surface area contributed by atoms with Crippen molar-refractivity contribution in [1.82, 2.24) is 0 Å². The number of amides is 1. The minimum atomic E-state index is -0.476. The molecule has 0 aliphatic heterocycles. The van der Waals surface area contributed by atoms with Crippen LogP contribution in [0.2, 0.25) is 0 Å². The van der Waals surface area contributed by atoms with Gasteiger partial charge in [0.1, 0.15) is 5.82 Å². The van der Waals surface area contributed by atoms with Crippen molar-refractivity contribution >= 4 is 11.6 Å². The molecule has 0 aliphatic carbocycles. The van der Waals surface area contributed by atoms with Crippen molar-refractivity contribution in [2.75, 3.05) is 5.32 Å². The van der Waals surface area contributed by atoms with Gasteiger partial charge in [-0.1, -0.05) is 13.0 Å². The summed E-state index contributed by atoms with van der Waals surface area (Å²) in [6.45, 7) is 7.12. The molecule has 0 heterocycles. The molecule has 0 saturated carbocycles. The normalized spacial score (nSPS) is 9.77. The maximum Gasteiger partial charge on any atom is 0.224 e. The van der Waals surface area contributed by atoms with E-state index in [0.717, 1.165) is 0 Å². The zero-order valence-electron chi connectivity index (χ0n) is 7.30. The van der Waals surface area contributed by atoms with Gasteiger partial charge >= 0.3 is 0 Å². The number of halogens is 1. The third-order valence-electron chi connectivity index (χ3n) is 1.59. The van der Waals surface area contributed by atoms with Crippen LogP contribution in [0, 0.1) is 12.7 Å². The highest BCUT2D eigenvalue weighted by Gasteiger charge is 2.04. The van der Waals surface area contributed by atoms with E-state index < -0.39 is 5.82 Å². The van der Waals surface area contributed by atoms with Gasteiger partial charge in [0.15, 0.2) is 0 Å². The fourth-order valence-electron chi connectivity index (χ4n) is 0.877. The Morgan fingerprint density at radius 3 is 2.92 bits per heavy atom. The first-order chi connectivity index (χ1) is 6.13. The maximum absolute atomic E-state index is 13.0. The fourth-order valence-corrected chi connectivity index (χ4v) is 0.877. The number of nitrogens with one attached hydrogen (secondary N) is 1. The molecule has 0 spiro atoms. The number of carbonyl (C=O) groups is 1. The average Bonchev–Trinajstić information content (AvgIpc) is 2.11. The Labute approximate surface area is 76.8 Å². The van der Waals surface area contributed by atoms with Crippen molar-refractivity contribution in [2.45, 2.75) is 13.3 Å². The number of hydrogen-bond acceptors (Lipinski definition) is 1. The molecule has 0 atom stereocenters. The molecule has 2 nitrogen and oxygen atoms in total. The molecule has 1 aromatic rings. The molecule has 2 radical (unpaired) electrons. The molecule has 3 heteroatoms. The van der Waals surface area contributed by atoms with E-state index in [1.807, 2.05) is 0 Å². The Kier molecular flexibility index (Phi) is 3.01. The standard InChI is InChI=1S/C10H10FNO/c1-3-10(13)12-9-6-7(2)4-5-8(9)11/h2,4-6H,3H2,1H3,(H,12,13). The summed E-state index contributed by atoms with van der Waals surface area (Å²) in [5.74, 6) is -0.708. The van der Waals surface area contributed by atoms with Gasteiger partial charge in [0.05, 0.1) is 5.69 Å². The van der Waals surface area contributed by atoms with E-state index in [4.69, 9.17) is 6.92 Å². The first-order valence-electron chi connectivity index (χ1n) is 3.98. The monoisotopic (exact) mass is 179 g/mol. The molecular formula is C10H10FNO. The summed E-state index contributed by atoms with van der Waals surface area (Å²) in [6, 6.07) is 4.06. The van der Waals surface area contributed by atoms with Crippen LogP contribution in [0.5, 0.6) is 0 Å². The summed E-state index contributed by atoms with van der Waals surface area (Å²) in [5.41, 5.74) is 0.555. The smallest absolute Gasteiger partial charge is 0.224 e. The fraction of sp³-hybridized carbons (Fsp3) is 0.200. The van der Waals surface area contributed by atoms with Gasteiger partial charge in [-0.3, -0.25) is 4.79 Å². The van der Waals surface area contributed by atoms with E-state index in [2.05, 4.69) is 5.32 Å². The second kappa shape index (κ2) is 4.03. The number of rotatable bonds is 2. The molecule has 0 aliphatic rings. The highest BCUT2D eigenvalue weighted by Crippen LogP contribution is 2.15. The molecule has 1 aromatic carbocycles. The van der Waals surface area contributed by atoms with Crippen molar-refractivity contribution < 1.29 is 9.18 Å². The number of benzene rings is 1. The lowest BCUT2D eigenvalue weighted by atomic mass is 10.2. The predicted octanol–water partition coefficient (Wildman–Crippen LogP) is 2.23. The minimum Gasteiger partial charge on any atom is -0.324 e. The first kappa shape index (κ1) is 9.71. The van der Waals surface area contributed by atoms with Gasteiger partial charge in [0.25, 0.3) is 0 Å². The van der Waals surface area contributed by atoms with Gasteiger partial charge in [-0.2, -0.15) is 0 Å². The molecule has 0 saturated heterocycles. The Morgan fingerprint density at radius 1 is 1.62 bits per heavy atom. The largest absolute Gasteiger partial charge is 0.324 e. The lowest BCUT2D eigenvalue weighted by molar-refractivity contribution is -0.115. The molecule has 0 fully saturated rings. The van der Waals surface area contributed by atoms with Gasteiger partial charge in [-0.05, 0) is 24.6 Å². The summed E-state index contributed by atoms with van der Waals surface area (Å²) in [5, 5.41) is 2.41. The maximum atomic E-state index is 13.0. The SMILES string of the molecule is [CH]c1ccc(F)c(NC(=O)CC)c1. The van der Waals surface area contributed by atoms with Gasteiger partial charge < -0.3 is 5.32 Å². The first-order valence-corrected chi connectivity index (χ1v) is 3.98. The highest BCUT2D eigenvalue weighted by molar-refractivity contribution is 5.90. The lowest BCUT2D eigenvalue weighted by Gasteiger charge is -2.05. The van der Waals surface area contributed by atoms with E-state index in [0.29, 0.717) is 12.0 Å². The van der Waals surface area contributed by atoms with E-state index >= 15 is 0 Å². The summed E-state index contributed by atoms with van der Waals surface area (Å²) in [6.07, 6.45) is 0.314. The van der Waals surface area contributed by atoms with Gasteiger partial charge in [-0.25, -0.2) is 4.39 Å². The van der Waals surface area contributed by atoms with E-state index in [1.54, 1.807) is 6.92 Å². The van der Waals surface area contributed by atoms with Crippen LogP contribution in [0.1, 0.15) is 18.9 Å². The molecule has 13 heavy (non-hydrogen) atoms. The molecule has 1 rings (SSSR count). The zero-order valence-corrected chi connectivity index (χ0v) is 7.30. The summed E-state index contributed by atoms with van der Waals surface area (Å²) >= 11 is 0. The van der Waals surface area contributed by atoms with Crippen LogP contribution in [0.4, 0.5) is 10.1 Å². The summed E-state index contributed by atoms with van der Waals surface area (Å²) < 4.78 is 13.0. The Bertz CT molecular complexity index is 323. The number of hydrogen-bond donors (Lipinski definition) is 1. The van der Waals surface area contributed by atoms with Crippen LogP contribution in [-0.4, -0.2) is 5.91 Å². The van der Waals surface area contributed by atoms with E-state index in [1.165, 1.54) is 18.2 Å². The summed E-state index contributed by atoms with van der Waals surface area (Å²) in [7, 11) is 0. The van der Waals surface area contributed by atoms with Crippen molar-refractivity contribution in [3.05, 3.63) is 36.5 Å². The second-order valence-electron chi connectivity index (χ2n) is 2.64.